The third-order valence-corrected chi connectivity index (χ3v) is 5.22. The summed E-state index contributed by atoms with van der Waals surface area (Å²) < 4.78 is 20.1. The van der Waals surface area contributed by atoms with Crippen molar-refractivity contribution < 1.29 is 18.7 Å². The second-order valence-electron chi connectivity index (χ2n) is 7.37. The number of halogens is 1. The summed E-state index contributed by atoms with van der Waals surface area (Å²) in [6, 6.07) is 6.58. The van der Waals surface area contributed by atoms with E-state index in [2.05, 4.69) is 15.7 Å². The smallest absolute Gasteiger partial charge is 0.414 e. The van der Waals surface area contributed by atoms with E-state index in [4.69, 9.17) is 15.5 Å². The van der Waals surface area contributed by atoms with Gasteiger partial charge in [-0.2, -0.15) is 5.26 Å². The molecule has 2 saturated heterocycles. The number of allylic oxidation sites excluding steroid dienone is 1. The van der Waals surface area contributed by atoms with Crippen LogP contribution in [-0.2, 0) is 9.53 Å². The molecule has 0 aromatic heterocycles. The largest absolute Gasteiger partial charge is 0.442 e. The van der Waals surface area contributed by atoms with Crippen LogP contribution in [0.2, 0.25) is 0 Å². The molecule has 11 heteroatoms. The fourth-order valence-corrected chi connectivity index (χ4v) is 3.59. The number of ether oxygens (including phenoxy) is 1. The molecular formula is C20H24FN7O3. The monoisotopic (exact) mass is 429 g/mol. The first-order valence-corrected chi connectivity index (χ1v) is 9.92. The van der Waals surface area contributed by atoms with Crippen molar-refractivity contribution in [1.82, 2.24) is 10.6 Å². The average Bonchev–Trinajstić information content (AvgIpc) is 3.14. The van der Waals surface area contributed by atoms with E-state index < -0.39 is 18.0 Å². The highest BCUT2D eigenvalue weighted by atomic mass is 19.1. The first kappa shape index (κ1) is 22.0. The molecule has 2 amide bonds. The zero-order chi connectivity index (χ0) is 22.4. The lowest BCUT2D eigenvalue weighted by atomic mass is 10.0. The van der Waals surface area contributed by atoms with Crippen LogP contribution in [0.1, 0.15) is 19.8 Å². The van der Waals surface area contributed by atoms with Crippen LogP contribution < -0.4 is 20.4 Å². The minimum absolute atomic E-state index is 0.00353. The molecule has 0 unspecified atom stereocenters. The van der Waals surface area contributed by atoms with Gasteiger partial charge in [-0.1, -0.05) is 0 Å². The first-order chi connectivity index (χ1) is 14.9. The van der Waals surface area contributed by atoms with E-state index in [1.54, 1.807) is 12.1 Å². The van der Waals surface area contributed by atoms with Crippen LogP contribution in [-0.4, -0.2) is 50.3 Å². The number of rotatable bonds is 7. The second-order valence-corrected chi connectivity index (χ2v) is 7.37. The Hall–Kier alpha value is -3.68. The molecule has 2 heterocycles. The van der Waals surface area contributed by atoms with Crippen LogP contribution in [0.25, 0.3) is 0 Å². The van der Waals surface area contributed by atoms with Crippen molar-refractivity contribution in [3.63, 3.8) is 0 Å². The summed E-state index contributed by atoms with van der Waals surface area (Å²) in [7, 11) is 0. The molecule has 0 radical (unpaired) electrons. The van der Waals surface area contributed by atoms with Gasteiger partial charge in [0.25, 0.3) is 0 Å². The van der Waals surface area contributed by atoms with Crippen LogP contribution in [0.3, 0.4) is 0 Å². The number of benzene rings is 1. The molecule has 3 N–H and O–H groups in total. The van der Waals surface area contributed by atoms with Gasteiger partial charge in [0.15, 0.2) is 5.70 Å². The van der Waals surface area contributed by atoms with Crippen molar-refractivity contribution >= 4 is 23.4 Å². The quantitative estimate of drug-likeness (QED) is 0.450. The summed E-state index contributed by atoms with van der Waals surface area (Å²) in [6.45, 7) is 3.06. The molecule has 10 nitrogen and oxygen atoms in total. The molecule has 164 valence electrons. The number of anilines is 2. The van der Waals surface area contributed by atoms with Crippen molar-refractivity contribution in [3.8, 4) is 6.07 Å². The van der Waals surface area contributed by atoms with Gasteiger partial charge in [-0.25, -0.2) is 14.7 Å². The van der Waals surface area contributed by atoms with E-state index in [9.17, 15) is 14.0 Å². The van der Waals surface area contributed by atoms with E-state index in [1.807, 2.05) is 11.0 Å². The average molecular weight is 429 g/mol. The second kappa shape index (κ2) is 9.88. The lowest BCUT2D eigenvalue weighted by Gasteiger charge is -2.34. The fourth-order valence-electron chi connectivity index (χ4n) is 3.59. The van der Waals surface area contributed by atoms with E-state index in [0.717, 1.165) is 12.8 Å². The van der Waals surface area contributed by atoms with Crippen molar-refractivity contribution in [1.29, 1.82) is 10.8 Å². The number of hydrogen-bond acceptors (Lipinski definition) is 8. The minimum Gasteiger partial charge on any atom is -0.442 e. The van der Waals surface area contributed by atoms with Gasteiger partial charge in [0.05, 0.1) is 24.5 Å². The molecule has 31 heavy (non-hydrogen) atoms. The summed E-state index contributed by atoms with van der Waals surface area (Å²) in [5.74, 6) is -0.640. The molecule has 1 atom stereocenters. The Balaban J connectivity index is 1.59. The lowest BCUT2D eigenvalue weighted by Crippen LogP contribution is -2.41. The third-order valence-electron chi connectivity index (χ3n) is 5.22. The highest BCUT2D eigenvalue weighted by Gasteiger charge is 2.33. The van der Waals surface area contributed by atoms with Crippen LogP contribution in [0.4, 0.5) is 20.6 Å². The summed E-state index contributed by atoms with van der Waals surface area (Å²) in [5, 5.41) is 17.6. The molecule has 1 aromatic carbocycles. The maximum absolute atomic E-state index is 14.8. The zero-order valence-electron chi connectivity index (χ0n) is 17.1. The van der Waals surface area contributed by atoms with Gasteiger partial charge in [0, 0.05) is 32.3 Å². The van der Waals surface area contributed by atoms with Crippen molar-refractivity contribution in [2.45, 2.75) is 31.9 Å². The molecule has 3 rings (SSSR count). The fraction of sp³-hybridized carbons (Fsp3) is 0.450. The lowest BCUT2D eigenvalue weighted by molar-refractivity contribution is -0.119. The molecule has 2 fully saturated rings. The van der Waals surface area contributed by atoms with Crippen LogP contribution >= 0.6 is 0 Å². The van der Waals surface area contributed by atoms with Gasteiger partial charge in [-0.05, 0) is 31.0 Å². The minimum atomic E-state index is -0.571. The molecule has 2 aliphatic rings. The number of carbonyl (C=O) groups is 2. The molecule has 1 aromatic rings. The van der Waals surface area contributed by atoms with E-state index >= 15 is 0 Å². The SMILES string of the molecule is CC(=O)NC[C@H]1CN(c2ccc(N3CCC(N/C=C(/C#N)N=N)CC3)c(F)c2)C(=O)O1. The molecule has 0 spiro atoms. The number of nitriles is 1. The van der Waals surface area contributed by atoms with Gasteiger partial charge < -0.3 is 20.3 Å². The number of carbonyl (C=O) groups excluding carboxylic acids is 2. The van der Waals surface area contributed by atoms with Crippen molar-refractivity contribution in [3.05, 3.63) is 35.9 Å². The summed E-state index contributed by atoms with van der Waals surface area (Å²) in [5.41, 5.74) is 7.75. The Morgan fingerprint density at radius 1 is 1.45 bits per heavy atom. The maximum atomic E-state index is 14.8. The molecule has 0 saturated carbocycles. The Labute approximate surface area is 179 Å². The molecule has 0 bridgehead atoms. The number of hydrogen-bond donors (Lipinski definition) is 3. The number of cyclic esters (lactones) is 1. The van der Waals surface area contributed by atoms with Crippen LogP contribution in [0, 0.1) is 22.7 Å². The highest BCUT2D eigenvalue weighted by molar-refractivity contribution is 5.90. The van der Waals surface area contributed by atoms with Gasteiger partial charge in [-0.3, -0.25) is 9.69 Å². The van der Waals surface area contributed by atoms with E-state index in [-0.39, 0.29) is 30.7 Å². The maximum Gasteiger partial charge on any atom is 0.414 e. The summed E-state index contributed by atoms with van der Waals surface area (Å²) in [6.07, 6.45) is 1.84. The van der Waals surface area contributed by atoms with Crippen molar-refractivity contribution in [2.75, 3.05) is 36.0 Å². The van der Waals surface area contributed by atoms with Gasteiger partial charge in [0.2, 0.25) is 5.91 Å². The van der Waals surface area contributed by atoms with Gasteiger partial charge in [0.1, 0.15) is 18.0 Å². The van der Waals surface area contributed by atoms with Crippen molar-refractivity contribution in [2.24, 2.45) is 5.11 Å². The van der Waals surface area contributed by atoms with Gasteiger partial charge in [-0.15, -0.1) is 5.11 Å². The predicted octanol–water partition coefficient (Wildman–Crippen LogP) is 2.24. The van der Waals surface area contributed by atoms with Crippen LogP contribution in [0.5, 0.6) is 0 Å². The summed E-state index contributed by atoms with van der Waals surface area (Å²) >= 11 is 0. The predicted molar refractivity (Wildman–Crippen MR) is 110 cm³/mol. The highest BCUT2D eigenvalue weighted by Crippen LogP contribution is 2.29. The number of amides is 2. The topological polar surface area (TPSA) is 134 Å². The van der Waals surface area contributed by atoms with E-state index in [0.29, 0.717) is 24.5 Å². The summed E-state index contributed by atoms with van der Waals surface area (Å²) in [4.78, 5) is 26.4. The number of nitrogens with zero attached hydrogens (tertiary/aromatic N) is 4. The Morgan fingerprint density at radius 2 is 2.19 bits per heavy atom. The van der Waals surface area contributed by atoms with Crippen LogP contribution in [0.15, 0.2) is 35.2 Å². The van der Waals surface area contributed by atoms with E-state index in [1.165, 1.54) is 24.1 Å². The normalized spacial score (nSPS) is 19.6. The zero-order valence-corrected chi connectivity index (χ0v) is 17.1. The number of nitrogens with one attached hydrogen (secondary N) is 3. The Morgan fingerprint density at radius 3 is 2.81 bits per heavy atom. The third kappa shape index (κ3) is 5.48. The standard InChI is InChI=1S/C20H24FN7O3/c1-13(29)24-11-17-12-28(20(30)31-17)16-2-3-19(18(21)8-16)27-6-4-14(5-7-27)25-10-15(9-22)26-23/h2-3,8,10,14,17,23,25H,4-7,11-12H2,1H3,(H,24,29)/b15-10-,26-23?/t17-/m0/s1. The number of piperidine rings is 1. The molecular weight excluding hydrogens is 405 g/mol. The first-order valence-electron chi connectivity index (χ1n) is 9.92. The Bertz CT molecular complexity index is 922. The van der Waals surface area contributed by atoms with Gasteiger partial charge >= 0.3 is 6.09 Å². The Kier molecular flexibility index (Phi) is 7.02. The molecule has 2 aliphatic heterocycles. The molecule has 0 aliphatic carbocycles.